The first-order chi connectivity index (χ1) is 10.5. The van der Waals surface area contributed by atoms with Crippen LogP contribution in [0.1, 0.15) is 30.2 Å². The minimum Gasteiger partial charge on any atom is -0.481 e. The Morgan fingerprint density at radius 2 is 2.09 bits per heavy atom. The molecule has 1 aromatic carbocycles. The van der Waals surface area contributed by atoms with Gasteiger partial charge in [0.15, 0.2) is 0 Å². The van der Waals surface area contributed by atoms with E-state index in [4.69, 9.17) is 9.52 Å². The highest BCUT2D eigenvalue weighted by Crippen LogP contribution is 2.21. The zero-order chi connectivity index (χ0) is 15.9. The lowest BCUT2D eigenvalue weighted by Gasteiger charge is -2.17. The quantitative estimate of drug-likeness (QED) is 0.788. The van der Waals surface area contributed by atoms with E-state index in [0.29, 0.717) is 6.42 Å². The van der Waals surface area contributed by atoms with Gasteiger partial charge in [0.05, 0.1) is 18.7 Å². The van der Waals surface area contributed by atoms with Gasteiger partial charge >= 0.3 is 5.97 Å². The summed E-state index contributed by atoms with van der Waals surface area (Å²) in [6.07, 6.45) is 2.12. The van der Waals surface area contributed by atoms with E-state index < -0.39 is 12.0 Å². The van der Waals surface area contributed by atoms with Gasteiger partial charge in [-0.2, -0.15) is 0 Å². The predicted molar refractivity (Wildman–Crippen MR) is 84.3 cm³/mol. The van der Waals surface area contributed by atoms with Gasteiger partial charge in [0.25, 0.3) is 0 Å². The smallest absolute Gasteiger partial charge is 0.305 e. The summed E-state index contributed by atoms with van der Waals surface area (Å²) in [4.78, 5) is 23.0. The van der Waals surface area contributed by atoms with Crippen molar-refractivity contribution < 1.29 is 19.1 Å². The lowest BCUT2D eigenvalue weighted by molar-refractivity contribution is -0.137. The number of rotatable bonds is 7. The SMILES string of the molecule is O=C(O)CC(NC(=O)CCc1ccco1)c1cccc(Br)c1. The second kappa shape index (κ2) is 7.79. The zero-order valence-corrected chi connectivity index (χ0v) is 13.4. The Hall–Kier alpha value is -2.08. The molecule has 2 rings (SSSR count). The van der Waals surface area contributed by atoms with E-state index in [0.717, 1.165) is 15.8 Å². The molecule has 6 heteroatoms. The summed E-state index contributed by atoms with van der Waals surface area (Å²) in [7, 11) is 0. The molecule has 0 radical (unpaired) electrons. The molecule has 0 spiro atoms. The van der Waals surface area contributed by atoms with Crippen LogP contribution in [0.4, 0.5) is 0 Å². The van der Waals surface area contributed by atoms with E-state index in [1.807, 2.05) is 12.1 Å². The molecule has 2 N–H and O–H groups in total. The second-order valence-corrected chi connectivity index (χ2v) is 5.77. The van der Waals surface area contributed by atoms with Gasteiger partial charge in [0, 0.05) is 17.3 Å². The monoisotopic (exact) mass is 365 g/mol. The molecule has 0 bridgehead atoms. The maximum Gasteiger partial charge on any atom is 0.305 e. The van der Waals surface area contributed by atoms with E-state index in [1.54, 1.807) is 30.5 Å². The number of furan rings is 1. The molecule has 0 aliphatic heterocycles. The first kappa shape index (κ1) is 16.3. The van der Waals surface area contributed by atoms with Crippen molar-refractivity contribution in [2.75, 3.05) is 0 Å². The average molecular weight is 366 g/mol. The van der Waals surface area contributed by atoms with Crippen molar-refractivity contribution >= 4 is 27.8 Å². The van der Waals surface area contributed by atoms with Gasteiger partial charge in [-0.1, -0.05) is 28.1 Å². The van der Waals surface area contributed by atoms with Gasteiger partial charge in [-0.05, 0) is 29.8 Å². The minimum absolute atomic E-state index is 0.164. The van der Waals surface area contributed by atoms with E-state index in [1.165, 1.54) is 0 Å². The molecule has 5 nitrogen and oxygen atoms in total. The van der Waals surface area contributed by atoms with Crippen molar-refractivity contribution in [2.24, 2.45) is 0 Å². The molecular formula is C16H16BrNO4. The molecule has 1 atom stereocenters. The molecular weight excluding hydrogens is 350 g/mol. The number of carbonyl (C=O) groups is 2. The maximum atomic E-state index is 12.0. The molecule has 1 aromatic heterocycles. The largest absolute Gasteiger partial charge is 0.481 e. The third kappa shape index (κ3) is 5.04. The molecule has 0 aliphatic carbocycles. The lowest BCUT2D eigenvalue weighted by atomic mass is 10.0. The molecule has 2 aromatic rings. The summed E-state index contributed by atoms with van der Waals surface area (Å²) in [5.41, 5.74) is 0.753. The van der Waals surface area contributed by atoms with Crippen molar-refractivity contribution in [1.82, 2.24) is 5.32 Å². The Labute approximate surface area is 136 Å². The van der Waals surface area contributed by atoms with Crippen LogP contribution < -0.4 is 5.32 Å². The molecule has 1 heterocycles. The number of carbonyl (C=O) groups excluding carboxylic acids is 1. The van der Waals surface area contributed by atoms with Gasteiger partial charge in [-0.3, -0.25) is 9.59 Å². The summed E-state index contributed by atoms with van der Waals surface area (Å²) in [6, 6.07) is 10.3. The van der Waals surface area contributed by atoms with Crippen LogP contribution in [0.15, 0.2) is 51.6 Å². The highest BCUT2D eigenvalue weighted by Gasteiger charge is 2.18. The third-order valence-corrected chi connectivity index (χ3v) is 3.64. The van der Waals surface area contributed by atoms with Crippen molar-refractivity contribution in [3.8, 4) is 0 Å². The van der Waals surface area contributed by atoms with Crippen LogP contribution in [0.3, 0.4) is 0 Å². The zero-order valence-electron chi connectivity index (χ0n) is 11.8. The number of hydrogen-bond donors (Lipinski definition) is 2. The van der Waals surface area contributed by atoms with E-state index in [9.17, 15) is 9.59 Å². The van der Waals surface area contributed by atoms with E-state index in [2.05, 4.69) is 21.2 Å². The second-order valence-electron chi connectivity index (χ2n) is 4.85. The molecule has 22 heavy (non-hydrogen) atoms. The molecule has 0 saturated heterocycles. The fourth-order valence-corrected chi connectivity index (χ4v) is 2.53. The maximum absolute atomic E-state index is 12.0. The topological polar surface area (TPSA) is 79.5 Å². The number of aryl methyl sites for hydroxylation is 1. The van der Waals surface area contributed by atoms with Crippen molar-refractivity contribution in [3.05, 3.63) is 58.5 Å². The van der Waals surface area contributed by atoms with Crippen molar-refractivity contribution in [3.63, 3.8) is 0 Å². The number of amides is 1. The Balaban J connectivity index is 1.99. The van der Waals surface area contributed by atoms with Crippen LogP contribution in [0, 0.1) is 0 Å². The van der Waals surface area contributed by atoms with Gasteiger partial charge < -0.3 is 14.8 Å². The summed E-state index contributed by atoms with van der Waals surface area (Å²) < 4.78 is 6.01. The highest BCUT2D eigenvalue weighted by atomic mass is 79.9. The van der Waals surface area contributed by atoms with Crippen LogP contribution in [0.5, 0.6) is 0 Å². The summed E-state index contributed by atoms with van der Waals surface area (Å²) >= 11 is 3.35. The Bertz CT molecular complexity index is 639. The Morgan fingerprint density at radius 1 is 1.27 bits per heavy atom. The highest BCUT2D eigenvalue weighted by molar-refractivity contribution is 9.10. The third-order valence-electron chi connectivity index (χ3n) is 3.14. The fraction of sp³-hybridized carbons (Fsp3) is 0.250. The van der Waals surface area contributed by atoms with Gasteiger partial charge in [-0.15, -0.1) is 0 Å². The first-order valence-electron chi connectivity index (χ1n) is 6.83. The summed E-state index contributed by atoms with van der Waals surface area (Å²) in [5.74, 6) is -0.439. The van der Waals surface area contributed by atoms with Crippen LogP contribution in [-0.2, 0) is 16.0 Å². The molecule has 1 amide bonds. The normalized spacial score (nSPS) is 11.9. The molecule has 0 aliphatic rings. The summed E-state index contributed by atoms with van der Waals surface area (Å²) in [5, 5.41) is 11.8. The number of benzene rings is 1. The molecule has 0 fully saturated rings. The lowest BCUT2D eigenvalue weighted by Crippen LogP contribution is -2.30. The Kier molecular flexibility index (Phi) is 5.77. The number of carboxylic acids is 1. The van der Waals surface area contributed by atoms with E-state index in [-0.39, 0.29) is 18.7 Å². The van der Waals surface area contributed by atoms with E-state index >= 15 is 0 Å². The number of hydrogen-bond acceptors (Lipinski definition) is 3. The molecule has 116 valence electrons. The molecule has 1 unspecified atom stereocenters. The fourth-order valence-electron chi connectivity index (χ4n) is 2.11. The van der Waals surface area contributed by atoms with Gasteiger partial charge in [0.2, 0.25) is 5.91 Å². The first-order valence-corrected chi connectivity index (χ1v) is 7.63. The standard InChI is InChI=1S/C16H16BrNO4/c17-12-4-1-3-11(9-12)14(10-16(20)21)18-15(19)7-6-13-5-2-8-22-13/h1-5,8-9,14H,6-7,10H2,(H,18,19)(H,20,21). The molecule has 0 saturated carbocycles. The van der Waals surface area contributed by atoms with Crippen LogP contribution in [0.25, 0.3) is 0 Å². The van der Waals surface area contributed by atoms with Crippen molar-refractivity contribution in [2.45, 2.75) is 25.3 Å². The van der Waals surface area contributed by atoms with Gasteiger partial charge in [0.1, 0.15) is 5.76 Å². The van der Waals surface area contributed by atoms with Gasteiger partial charge in [-0.25, -0.2) is 0 Å². The number of carboxylic acid groups (broad SMARTS) is 1. The number of nitrogens with one attached hydrogen (secondary N) is 1. The van der Waals surface area contributed by atoms with Crippen molar-refractivity contribution in [1.29, 1.82) is 0 Å². The minimum atomic E-state index is -0.962. The summed E-state index contributed by atoms with van der Waals surface area (Å²) in [6.45, 7) is 0. The number of aliphatic carboxylic acids is 1. The van der Waals surface area contributed by atoms with Crippen LogP contribution in [-0.4, -0.2) is 17.0 Å². The van der Waals surface area contributed by atoms with Crippen LogP contribution in [0.2, 0.25) is 0 Å². The van der Waals surface area contributed by atoms with Crippen LogP contribution >= 0.6 is 15.9 Å². The average Bonchev–Trinajstić information content (AvgIpc) is 2.97. The Morgan fingerprint density at radius 3 is 2.73 bits per heavy atom. The predicted octanol–water partition coefficient (Wildman–Crippen LogP) is 3.31. The number of halogens is 1.